The van der Waals surface area contributed by atoms with Gasteiger partial charge in [-0.3, -0.25) is 4.79 Å². The molecule has 0 aromatic heterocycles. The Kier molecular flexibility index (Phi) is 4.07. The first kappa shape index (κ1) is 12.7. The van der Waals surface area contributed by atoms with E-state index in [0.717, 1.165) is 11.3 Å². The lowest BCUT2D eigenvalue weighted by Crippen LogP contribution is -2.38. The van der Waals surface area contributed by atoms with E-state index < -0.39 is 5.41 Å². The molecule has 0 unspecified atom stereocenters. The summed E-state index contributed by atoms with van der Waals surface area (Å²) in [5.74, 6) is 0.0381. The number of hydrogen-bond donors (Lipinski definition) is 2. The van der Waals surface area contributed by atoms with Crippen molar-refractivity contribution in [3.63, 3.8) is 0 Å². The summed E-state index contributed by atoms with van der Waals surface area (Å²) in [4.78, 5) is 12.0. The highest BCUT2D eigenvalue weighted by molar-refractivity contribution is 5.95. The van der Waals surface area contributed by atoms with Crippen molar-refractivity contribution in [1.29, 1.82) is 0 Å². The molecule has 0 aliphatic rings. The van der Waals surface area contributed by atoms with Crippen LogP contribution in [-0.4, -0.2) is 19.5 Å². The van der Waals surface area contributed by atoms with Crippen LogP contribution in [0.3, 0.4) is 0 Å². The Labute approximate surface area is 97.2 Å². The normalized spacial score (nSPS) is 11.2. The maximum absolute atomic E-state index is 12.0. The molecule has 0 radical (unpaired) electrons. The number of rotatable bonds is 4. The van der Waals surface area contributed by atoms with Gasteiger partial charge in [-0.25, -0.2) is 0 Å². The Morgan fingerprint density at radius 1 is 1.31 bits per heavy atom. The molecule has 88 valence electrons. The van der Waals surface area contributed by atoms with E-state index in [1.807, 2.05) is 52.1 Å². The Morgan fingerprint density at radius 3 is 2.50 bits per heavy atom. The molecule has 0 heterocycles. The van der Waals surface area contributed by atoms with Gasteiger partial charge in [0.15, 0.2) is 0 Å². The maximum atomic E-state index is 12.0. The van der Waals surface area contributed by atoms with E-state index in [9.17, 15) is 4.79 Å². The molecule has 0 saturated carbocycles. The number of carbonyl (C=O) groups excluding carboxylic acids is 1. The van der Waals surface area contributed by atoms with Crippen molar-refractivity contribution in [1.82, 2.24) is 5.32 Å². The van der Waals surface area contributed by atoms with E-state index >= 15 is 0 Å². The minimum atomic E-state index is -0.406. The molecular formula is C13H20N2O. The van der Waals surface area contributed by atoms with Crippen LogP contribution in [0.1, 0.15) is 19.4 Å². The van der Waals surface area contributed by atoms with Gasteiger partial charge in [0.1, 0.15) is 0 Å². The topological polar surface area (TPSA) is 41.1 Å². The summed E-state index contributed by atoms with van der Waals surface area (Å²) in [5, 5.41) is 5.98. The molecule has 16 heavy (non-hydrogen) atoms. The van der Waals surface area contributed by atoms with Crippen molar-refractivity contribution in [2.24, 2.45) is 5.41 Å². The molecule has 0 aliphatic carbocycles. The molecule has 0 aliphatic heterocycles. The van der Waals surface area contributed by atoms with Crippen molar-refractivity contribution < 1.29 is 4.79 Å². The van der Waals surface area contributed by atoms with Crippen LogP contribution in [0.15, 0.2) is 24.3 Å². The zero-order valence-electron chi connectivity index (χ0n) is 10.4. The lowest BCUT2D eigenvalue weighted by Gasteiger charge is -2.23. The summed E-state index contributed by atoms with van der Waals surface area (Å²) in [6, 6.07) is 7.79. The predicted molar refractivity (Wildman–Crippen MR) is 67.5 cm³/mol. The summed E-state index contributed by atoms with van der Waals surface area (Å²) in [6.45, 7) is 6.50. The fourth-order valence-corrected chi connectivity index (χ4v) is 1.53. The quantitative estimate of drug-likeness (QED) is 0.816. The number of hydrogen-bond acceptors (Lipinski definition) is 2. The molecule has 0 spiro atoms. The fraction of sp³-hybridized carbons (Fsp3) is 0.462. The molecule has 3 nitrogen and oxygen atoms in total. The van der Waals surface area contributed by atoms with Gasteiger partial charge in [-0.05, 0) is 39.4 Å². The monoisotopic (exact) mass is 220 g/mol. The van der Waals surface area contributed by atoms with Crippen LogP contribution < -0.4 is 10.6 Å². The number of amides is 1. The second kappa shape index (κ2) is 5.12. The summed E-state index contributed by atoms with van der Waals surface area (Å²) in [5.41, 5.74) is 1.56. The van der Waals surface area contributed by atoms with Gasteiger partial charge in [0.2, 0.25) is 5.91 Å². The minimum Gasteiger partial charge on any atom is -0.325 e. The van der Waals surface area contributed by atoms with E-state index in [1.54, 1.807) is 0 Å². The number of benzene rings is 1. The highest BCUT2D eigenvalue weighted by Crippen LogP contribution is 2.19. The first-order valence-corrected chi connectivity index (χ1v) is 5.49. The zero-order valence-corrected chi connectivity index (χ0v) is 10.4. The first-order valence-electron chi connectivity index (χ1n) is 5.49. The van der Waals surface area contributed by atoms with Gasteiger partial charge in [-0.2, -0.15) is 0 Å². The summed E-state index contributed by atoms with van der Waals surface area (Å²) < 4.78 is 0. The van der Waals surface area contributed by atoms with E-state index in [0.29, 0.717) is 6.54 Å². The average Bonchev–Trinajstić information content (AvgIpc) is 2.21. The van der Waals surface area contributed by atoms with E-state index in [2.05, 4.69) is 10.6 Å². The predicted octanol–water partition coefficient (Wildman–Crippen LogP) is 2.18. The van der Waals surface area contributed by atoms with Gasteiger partial charge in [0, 0.05) is 12.2 Å². The minimum absolute atomic E-state index is 0.0381. The largest absolute Gasteiger partial charge is 0.325 e. The Balaban J connectivity index is 2.75. The van der Waals surface area contributed by atoms with Crippen molar-refractivity contribution >= 4 is 11.6 Å². The molecule has 0 fully saturated rings. The number of carbonyl (C=O) groups is 1. The standard InChI is InChI=1S/C13H20N2O/c1-10-7-5-6-8-11(10)15-12(16)13(2,3)9-14-4/h5-8,14H,9H2,1-4H3,(H,15,16). The first-order chi connectivity index (χ1) is 7.47. The molecule has 2 N–H and O–H groups in total. The van der Waals surface area contributed by atoms with Crippen LogP contribution in [-0.2, 0) is 4.79 Å². The van der Waals surface area contributed by atoms with Crippen LogP contribution in [0.25, 0.3) is 0 Å². The smallest absolute Gasteiger partial charge is 0.231 e. The fourth-order valence-electron chi connectivity index (χ4n) is 1.53. The van der Waals surface area contributed by atoms with Crippen LogP contribution in [0.4, 0.5) is 5.69 Å². The summed E-state index contributed by atoms with van der Waals surface area (Å²) >= 11 is 0. The van der Waals surface area contributed by atoms with Crippen molar-refractivity contribution in [3.8, 4) is 0 Å². The van der Waals surface area contributed by atoms with Gasteiger partial charge < -0.3 is 10.6 Å². The van der Waals surface area contributed by atoms with Crippen molar-refractivity contribution in [2.75, 3.05) is 18.9 Å². The van der Waals surface area contributed by atoms with E-state index in [1.165, 1.54) is 0 Å². The number of para-hydroxylation sites is 1. The molecule has 1 aromatic carbocycles. The van der Waals surface area contributed by atoms with Gasteiger partial charge in [0.25, 0.3) is 0 Å². The van der Waals surface area contributed by atoms with Crippen LogP contribution in [0.5, 0.6) is 0 Å². The molecule has 3 heteroatoms. The van der Waals surface area contributed by atoms with Gasteiger partial charge in [0.05, 0.1) is 5.41 Å². The summed E-state index contributed by atoms with van der Waals surface area (Å²) in [6.07, 6.45) is 0. The number of anilines is 1. The van der Waals surface area contributed by atoms with Crippen LogP contribution in [0.2, 0.25) is 0 Å². The highest BCUT2D eigenvalue weighted by atomic mass is 16.2. The third-order valence-electron chi connectivity index (χ3n) is 2.63. The molecule has 1 rings (SSSR count). The zero-order chi connectivity index (χ0) is 12.2. The van der Waals surface area contributed by atoms with Gasteiger partial charge in [-0.15, -0.1) is 0 Å². The van der Waals surface area contributed by atoms with E-state index in [-0.39, 0.29) is 5.91 Å². The van der Waals surface area contributed by atoms with Crippen LogP contribution >= 0.6 is 0 Å². The van der Waals surface area contributed by atoms with Gasteiger partial charge >= 0.3 is 0 Å². The van der Waals surface area contributed by atoms with Crippen LogP contribution in [0, 0.1) is 12.3 Å². The molecule has 0 saturated heterocycles. The molecule has 1 aromatic rings. The molecule has 0 bridgehead atoms. The Morgan fingerprint density at radius 2 is 1.94 bits per heavy atom. The highest BCUT2D eigenvalue weighted by Gasteiger charge is 2.26. The second-order valence-corrected chi connectivity index (χ2v) is 4.68. The second-order valence-electron chi connectivity index (χ2n) is 4.68. The lowest BCUT2D eigenvalue weighted by molar-refractivity contribution is -0.123. The Hall–Kier alpha value is -1.35. The maximum Gasteiger partial charge on any atom is 0.231 e. The molecule has 1 amide bonds. The third-order valence-corrected chi connectivity index (χ3v) is 2.63. The Bertz CT molecular complexity index is 372. The SMILES string of the molecule is CNCC(C)(C)C(=O)Nc1ccccc1C. The lowest BCUT2D eigenvalue weighted by atomic mass is 9.92. The molecule has 0 atom stereocenters. The van der Waals surface area contributed by atoms with Crippen molar-refractivity contribution in [3.05, 3.63) is 29.8 Å². The van der Waals surface area contributed by atoms with E-state index in [4.69, 9.17) is 0 Å². The average molecular weight is 220 g/mol. The van der Waals surface area contributed by atoms with Crippen molar-refractivity contribution in [2.45, 2.75) is 20.8 Å². The number of aryl methyl sites for hydroxylation is 1. The summed E-state index contributed by atoms with van der Waals surface area (Å²) in [7, 11) is 1.85. The number of nitrogens with one attached hydrogen (secondary N) is 2. The third kappa shape index (κ3) is 3.07. The molecular weight excluding hydrogens is 200 g/mol. The van der Waals surface area contributed by atoms with Gasteiger partial charge in [-0.1, -0.05) is 18.2 Å².